The van der Waals surface area contributed by atoms with Crippen LogP contribution in [0.25, 0.3) is 0 Å². The Hall–Kier alpha value is -1.72. The minimum Gasteiger partial charge on any atom is -0.500 e. The Kier molecular flexibility index (Phi) is 4.36. The molecule has 6 heteroatoms. The highest BCUT2D eigenvalue weighted by molar-refractivity contribution is 6.01. The van der Waals surface area contributed by atoms with Crippen molar-refractivity contribution < 1.29 is 19.8 Å². The van der Waals surface area contributed by atoms with E-state index < -0.39 is 23.2 Å². The topological polar surface area (TPSA) is 104 Å². The predicted octanol–water partition coefficient (Wildman–Crippen LogP) is 0.976. The van der Waals surface area contributed by atoms with Crippen molar-refractivity contribution in [1.29, 1.82) is 0 Å². The van der Waals surface area contributed by atoms with Gasteiger partial charge in [0.15, 0.2) is 11.5 Å². The number of rotatable bonds is 5. The van der Waals surface area contributed by atoms with Crippen molar-refractivity contribution in [2.24, 2.45) is 5.18 Å². The number of aliphatic carboxylic acids is 1. The number of aliphatic hydroxyl groups is 1. The van der Waals surface area contributed by atoms with Crippen LogP contribution in [0.15, 0.2) is 16.6 Å². The highest BCUT2D eigenvalue weighted by Gasteiger charge is 2.20. The van der Waals surface area contributed by atoms with Gasteiger partial charge in [-0.3, -0.25) is 4.79 Å². The molecule has 2 N–H and O–H groups in total. The Bertz CT molecular complexity index is 268. The van der Waals surface area contributed by atoms with Crippen LogP contribution in [0.1, 0.15) is 19.8 Å². The van der Waals surface area contributed by atoms with Gasteiger partial charge >= 0.3 is 5.97 Å². The van der Waals surface area contributed by atoms with Crippen molar-refractivity contribution in [3.63, 3.8) is 0 Å². The Morgan fingerprint density at radius 3 is 2.15 bits per heavy atom. The van der Waals surface area contributed by atoms with Gasteiger partial charge in [0.1, 0.15) is 0 Å². The third-order valence-corrected chi connectivity index (χ3v) is 1.26. The maximum Gasteiger partial charge on any atom is 0.373 e. The van der Waals surface area contributed by atoms with Gasteiger partial charge in [-0.15, -0.1) is 4.91 Å². The Morgan fingerprint density at radius 2 is 1.85 bits per heavy atom. The number of carbonyl (C=O) groups is 2. The van der Waals surface area contributed by atoms with E-state index in [-0.39, 0.29) is 6.42 Å². The van der Waals surface area contributed by atoms with E-state index in [4.69, 9.17) is 10.2 Å². The molecular formula is C7H9NO5. The number of Topliss-reactive ketones (excluding diaryl/α,β-unsaturated/α-hetero) is 1. The number of carbonyl (C=O) groups excluding carboxylic acids is 1. The lowest BCUT2D eigenvalue weighted by atomic mass is 10.1. The van der Waals surface area contributed by atoms with E-state index in [0.29, 0.717) is 6.42 Å². The predicted molar refractivity (Wildman–Crippen MR) is 43.0 cm³/mol. The summed E-state index contributed by atoms with van der Waals surface area (Å²) >= 11 is 0. The minimum atomic E-state index is -1.74. The van der Waals surface area contributed by atoms with E-state index in [1.807, 2.05) is 0 Å². The molecule has 0 spiro atoms. The maximum absolute atomic E-state index is 10.9. The lowest BCUT2D eigenvalue weighted by Gasteiger charge is -1.97. The van der Waals surface area contributed by atoms with Gasteiger partial charge in [0, 0.05) is 6.42 Å². The average molecular weight is 187 g/mol. The molecule has 0 aliphatic heterocycles. The molecule has 13 heavy (non-hydrogen) atoms. The van der Waals surface area contributed by atoms with Crippen molar-refractivity contribution in [3.8, 4) is 0 Å². The lowest BCUT2D eigenvalue weighted by Crippen LogP contribution is -2.09. The summed E-state index contributed by atoms with van der Waals surface area (Å²) in [7, 11) is 0. The fourth-order valence-corrected chi connectivity index (χ4v) is 0.673. The summed E-state index contributed by atoms with van der Waals surface area (Å²) in [4.78, 5) is 31.1. The number of hydrogen-bond donors (Lipinski definition) is 2. The van der Waals surface area contributed by atoms with Crippen molar-refractivity contribution in [2.45, 2.75) is 19.8 Å². The molecule has 0 aliphatic carbocycles. The van der Waals surface area contributed by atoms with Gasteiger partial charge in [-0.05, 0) is 11.6 Å². The second kappa shape index (κ2) is 5.02. The SMILES string of the molecule is CCCC(=O)C(N=O)=C(O)C(=O)O. The molecule has 0 bridgehead atoms. The largest absolute Gasteiger partial charge is 0.500 e. The van der Waals surface area contributed by atoms with Crippen LogP contribution in [0.5, 0.6) is 0 Å². The molecule has 0 saturated carbocycles. The van der Waals surface area contributed by atoms with Gasteiger partial charge in [0.2, 0.25) is 5.76 Å². The summed E-state index contributed by atoms with van der Waals surface area (Å²) in [6.45, 7) is 1.68. The summed E-state index contributed by atoms with van der Waals surface area (Å²) in [5.74, 6) is -3.80. The van der Waals surface area contributed by atoms with E-state index in [9.17, 15) is 14.5 Å². The van der Waals surface area contributed by atoms with Crippen molar-refractivity contribution >= 4 is 11.8 Å². The standard InChI is InChI=1S/C7H9NO5/c1-2-3-4(9)5(8-13)6(10)7(11)12/h10H,2-3H2,1H3,(H,11,12). The zero-order valence-electron chi connectivity index (χ0n) is 6.98. The van der Waals surface area contributed by atoms with Gasteiger partial charge in [-0.25, -0.2) is 4.79 Å². The number of carboxylic acid groups (broad SMARTS) is 1. The van der Waals surface area contributed by atoms with Crippen LogP contribution in [-0.2, 0) is 9.59 Å². The fourth-order valence-electron chi connectivity index (χ4n) is 0.673. The molecular weight excluding hydrogens is 178 g/mol. The van der Waals surface area contributed by atoms with Crippen LogP contribution >= 0.6 is 0 Å². The molecule has 0 rings (SSSR count). The third kappa shape index (κ3) is 3.02. The van der Waals surface area contributed by atoms with Crippen LogP contribution in [-0.4, -0.2) is 22.0 Å². The van der Waals surface area contributed by atoms with Crippen LogP contribution in [0.2, 0.25) is 0 Å². The second-order valence-electron chi connectivity index (χ2n) is 2.27. The molecule has 0 fully saturated rings. The molecule has 0 aromatic heterocycles. The van der Waals surface area contributed by atoms with Crippen LogP contribution in [0.3, 0.4) is 0 Å². The molecule has 0 saturated heterocycles. The summed E-state index contributed by atoms with van der Waals surface area (Å²) in [5, 5.41) is 19.2. The summed E-state index contributed by atoms with van der Waals surface area (Å²) in [6.07, 6.45) is 0.434. The first-order valence-corrected chi connectivity index (χ1v) is 3.57. The fraction of sp³-hybridized carbons (Fsp3) is 0.429. The van der Waals surface area contributed by atoms with Crippen LogP contribution in [0.4, 0.5) is 0 Å². The van der Waals surface area contributed by atoms with E-state index in [1.165, 1.54) is 0 Å². The van der Waals surface area contributed by atoms with Gasteiger partial charge < -0.3 is 10.2 Å². The number of aliphatic hydroxyl groups excluding tert-OH is 1. The smallest absolute Gasteiger partial charge is 0.373 e. The number of hydrogen-bond acceptors (Lipinski definition) is 5. The van der Waals surface area contributed by atoms with Crippen molar-refractivity contribution in [3.05, 3.63) is 16.4 Å². The average Bonchev–Trinajstić information content (AvgIpc) is 2.05. The van der Waals surface area contributed by atoms with E-state index in [0.717, 1.165) is 0 Å². The van der Waals surface area contributed by atoms with Crippen LogP contribution < -0.4 is 0 Å². The second-order valence-corrected chi connectivity index (χ2v) is 2.27. The molecule has 0 unspecified atom stereocenters. The number of ketones is 1. The van der Waals surface area contributed by atoms with Crippen LogP contribution in [0, 0.1) is 4.91 Å². The molecule has 72 valence electrons. The zero-order chi connectivity index (χ0) is 10.4. The number of nitrogens with zero attached hydrogens (tertiary/aromatic N) is 1. The normalized spacial score (nSPS) is 11.8. The minimum absolute atomic E-state index is 0.0155. The molecule has 0 atom stereocenters. The molecule has 0 aliphatic rings. The van der Waals surface area contributed by atoms with Gasteiger partial charge in [0.05, 0.1) is 0 Å². The van der Waals surface area contributed by atoms with E-state index in [1.54, 1.807) is 6.92 Å². The Morgan fingerprint density at radius 1 is 1.31 bits per heavy atom. The molecule has 0 amide bonds. The van der Waals surface area contributed by atoms with Gasteiger partial charge in [-0.2, -0.15) is 0 Å². The molecule has 0 aromatic rings. The molecule has 6 nitrogen and oxygen atoms in total. The van der Waals surface area contributed by atoms with Crippen molar-refractivity contribution in [1.82, 2.24) is 0 Å². The van der Waals surface area contributed by atoms with E-state index in [2.05, 4.69) is 5.18 Å². The Labute approximate surface area is 73.8 Å². The Balaban J connectivity index is 4.87. The zero-order valence-corrected chi connectivity index (χ0v) is 6.98. The quantitative estimate of drug-likeness (QED) is 0.379. The third-order valence-electron chi connectivity index (χ3n) is 1.26. The first-order valence-electron chi connectivity index (χ1n) is 3.57. The first-order chi connectivity index (χ1) is 6.04. The monoisotopic (exact) mass is 187 g/mol. The maximum atomic E-state index is 10.9. The lowest BCUT2D eigenvalue weighted by molar-refractivity contribution is -0.136. The number of nitroso groups, excluding NO2 is 1. The van der Waals surface area contributed by atoms with Gasteiger partial charge in [0.25, 0.3) is 0 Å². The summed E-state index contributed by atoms with van der Waals surface area (Å²) in [5.41, 5.74) is -0.922. The first kappa shape index (κ1) is 11.3. The highest BCUT2D eigenvalue weighted by Crippen LogP contribution is 2.08. The van der Waals surface area contributed by atoms with Gasteiger partial charge in [-0.1, -0.05) is 6.92 Å². The number of carboxylic acids is 1. The van der Waals surface area contributed by atoms with E-state index >= 15 is 0 Å². The summed E-state index contributed by atoms with van der Waals surface area (Å²) < 4.78 is 0. The summed E-state index contributed by atoms with van der Waals surface area (Å²) in [6, 6.07) is 0. The molecule has 0 heterocycles. The molecule has 0 radical (unpaired) electrons. The van der Waals surface area contributed by atoms with Crippen molar-refractivity contribution in [2.75, 3.05) is 0 Å². The highest BCUT2D eigenvalue weighted by atomic mass is 16.4. The number of allylic oxidation sites excluding steroid dienone is 1. The molecule has 0 aromatic carbocycles.